The highest BCUT2D eigenvalue weighted by molar-refractivity contribution is 6.09. The van der Waals surface area contributed by atoms with E-state index < -0.39 is 6.04 Å². The number of imide groups is 1. The third-order valence-electron chi connectivity index (χ3n) is 5.11. The molecule has 0 saturated carbocycles. The summed E-state index contributed by atoms with van der Waals surface area (Å²) < 4.78 is 0. The zero-order chi connectivity index (χ0) is 19.6. The van der Waals surface area contributed by atoms with Crippen molar-refractivity contribution in [1.82, 2.24) is 9.80 Å². The minimum absolute atomic E-state index is 0.0719. The molecule has 1 aromatic carbocycles. The molecule has 1 fully saturated rings. The molecule has 1 aliphatic heterocycles. The number of benzene rings is 1. The molecular weight excluding hydrogens is 340 g/mol. The molecule has 0 aromatic heterocycles. The van der Waals surface area contributed by atoms with Gasteiger partial charge in [-0.1, -0.05) is 57.7 Å². The second kappa shape index (κ2) is 10.9. The number of nitrogens with zero attached hydrogens (tertiary/aromatic N) is 2. The number of likely N-dealkylation sites (tertiary alicyclic amines) is 1. The van der Waals surface area contributed by atoms with E-state index in [-0.39, 0.29) is 24.1 Å². The van der Waals surface area contributed by atoms with Gasteiger partial charge in [0.05, 0.1) is 0 Å². The van der Waals surface area contributed by atoms with E-state index in [9.17, 15) is 14.4 Å². The molecule has 27 heavy (non-hydrogen) atoms. The Kier molecular flexibility index (Phi) is 8.49. The summed E-state index contributed by atoms with van der Waals surface area (Å²) >= 11 is 0. The molecule has 1 atom stereocenters. The van der Waals surface area contributed by atoms with Gasteiger partial charge in [0, 0.05) is 25.1 Å². The van der Waals surface area contributed by atoms with Gasteiger partial charge in [0.15, 0.2) is 0 Å². The predicted molar refractivity (Wildman–Crippen MR) is 106 cm³/mol. The monoisotopic (exact) mass is 372 g/mol. The highest BCUT2D eigenvalue weighted by atomic mass is 16.2. The van der Waals surface area contributed by atoms with Gasteiger partial charge in [0.25, 0.3) is 5.91 Å². The first-order chi connectivity index (χ1) is 13.1. The Balaban J connectivity index is 2.13. The lowest BCUT2D eigenvalue weighted by Gasteiger charge is -2.29. The van der Waals surface area contributed by atoms with Crippen LogP contribution in [0.3, 0.4) is 0 Å². The average Bonchev–Trinajstić information content (AvgIpc) is 3.08. The third-order valence-corrected chi connectivity index (χ3v) is 5.11. The normalized spacial score (nSPS) is 16.6. The quantitative estimate of drug-likeness (QED) is 0.460. The summed E-state index contributed by atoms with van der Waals surface area (Å²) in [6.45, 7) is 5.68. The number of carbonyl (C=O) groups is 3. The number of hydrogen-bond acceptors (Lipinski definition) is 3. The maximum absolute atomic E-state index is 13.2. The summed E-state index contributed by atoms with van der Waals surface area (Å²) in [6, 6.07) is 8.09. The predicted octanol–water partition coefficient (Wildman–Crippen LogP) is 4.03. The molecule has 1 heterocycles. The van der Waals surface area contributed by atoms with Gasteiger partial charge >= 0.3 is 0 Å². The number of amides is 3. The second-order valence-electron chi connectivity index (χ2n) is 7.23. The molecule has 5 nitrogen and oxygen atoms in total. The van der Waals surface area contributed by atoms with E-state index in [1.54, 1.807) is 24.3 Å². The second-order valence-corrected chi connectivity index (χ2v) is 7.23. The Morgan fingerprint density at radius 3 is 2.15 bits per heavy atom. The first-order valence-corrected chi connectivity index (χ1v) is 10.3. The third kappa shape index (κ3) is 5.65. The number of rotatable bonds is 10. The molecule has 0 bridgehead atoms. The van der Waals surface area contributed by atoms with Crippen molar-refractivity contribution in [3.63, 3.8) is 0 Å². The minimum atomic E-state index is -0.659. The summed E-state index contributed by atoms with van der Waals surface area (Å²) in [5, 5.41) is 0. The van der Waals surface area contributed by atoms with Crippen molar-refractivity contribution in [1.29, 1.82) is 0 Å². The lowest BCUT2D eigenvalue weighted by molar-refractivity contribution is -0.139. The number of carbonyl (C=O) groups excluding carboxylic acids is 3. The van der Waals surface area contributed by atoms with Gasteiger partial charge < -0.3 is 4.90 Å². The molecule has 0 N–H and O–H groups in total. The van der Waals surface area contributed by atoms with E-state index in [1.165, 1.54) is 4.90 Å². The highest BCUT2D eigenvalue weighted by Crippen LogP contribution is 2.24. The fraction of sp³-hybridized carbons (Fsp3) is 0.591. The summed E-state index contributed by atoms with van der Waals surface area (Å²) in [5.41, 5.74) is 0.453. The zero-order valence-electron chi connectivity index (χ0n) is 16.7. The van der Waals surface area contributed by atoms with Crippen molar-refractivity contribution in [2.45, 2.75) is 71.3 Å². The Morgan fingerprint density at radius 1 is 1.00 bits per heavy atom. The zero-order valence-corrected chi connectivity index (χ0v) is 16.7. The number of unbranched alkanes of at least 4 members (excludes halogenated alkanes) is 4. The van der Waals surface area contributed by atoms with Crippen LogP contribution in [-0.4, -0.2) is 46.7 Å². The van der Waals surface area contributed by atoms with E-state index >= 15 is 0 Å². The van der Waals surface area contributed by atoms with Gasteiger partial charge in [-0.3, -0.25) is 19.3 Å². The fourth-order valence-corrected chi connectivity index (χ4v) is 3.54. The summed E-state index contributed by atoms with van der Waals surface area (Å²) in [4.78, 5) is 41.5. The summed E-state index contributed by atoms with van der Waals surface area (Å²) in [6.07, 6.45) is 6.95. The van der Waals surface area contributed by atoms with Crippen LogP contribution in [0, 0.1) is 0 Å². The average molecular weight is 373 g/mol. The fourth-order valence-electron chi connectivity index (χ4n) is 3.54. The Hall–Kier alpha value is -2.17. The van der Waals surface area contributed by atoms with Crippen LogP contribution in [-0.2, 0) is 9.59 Å². The van der Waals surface area contributed by atoms with Gasteiger partial charge in [-0.2, -0.15) is 0 Å². The smallest absolute Gasteiger partial charge is 0.261 e. The van der Waals surface area contributed by atoms with Gasteiger partial charge in [0.2, 0.25) is 11.8 Å². The van der Waals surface area contributed by atoms with Crippen molar-refractivity contribution in [2.75, 3.05) is 13.1 Å². The van der Waals surface area contributed by atoms with Crippen molar-refractivity contribution >= 4 is 17.7 Å². The van der Waals surface area contributed by atoms with Crippen LogP contribution in [0.15, 0.2) is 30.3 Å². The van der Waals surface area contributed by atoms with Crippen LogP contribution in [0.1, 0.15) is 75.6 Å². The van der Waals surface area contributed by atoms with Crippen molar-refractivity contribution in [3.8, 4) is 0 Å². The van der Waals surface area contributed by atoms with E-state index in [0.29, 0.717) is 25.1 Å². The largest absolute Gasteiger partial charge is 0.341 e. The van der Waals surface area contributed by atoms with E-state index in [0.717, 1.165) is 38.5 Å². The molecule has 3 amide bonds. The molecule has 1 unspecified atom stereocenters. The maximum atomic E-state index is 13.2. The molecule has 0 radical (unpaired) electrons. The van der Waals surface area contributed by atoms with Crippen LogP contribution in [0.2, 0.25) is 0 Å². The standard InChI is InChI=1S/C22H32N2O3/c1-3-5-10-16-23(17-11-6-4-2)22(27)19-14-15-20(25)24(19)21(26)18-12-8-7-9-13-18/h7-9,12-13,19H,3-6,10-11,14-17H2,1-2H3. The molecule has 0 spiro atoms. The highest BCUT2D eigenvalue weighted by Gasteiger charge is 2.42. The van der Waals surface area contributed by atoms with E-state index in [4.69, 9.17) is 0 Å². The molecule has 148 valence electrons. The molecule has 2 rings (SSSR count). The van der Waals surface area contributed by atoms with Crippen LogP contribution < -0.4 is 0 Å². The Morgan fingerprint density at radius 2 is 1.59 bits per heavy atom. The SMILES string of the molecule is CCCCCN(CCCCC)C(=O)C1CCC(=O)N1C(=O)c1ccccc1. The molecule has 1 aliphatic rings. The first-order valence-electron chi connectivity index (χ1n) is 10.3. The molecular formula is C22H32N2O3. The Labute approximate surface area is 162 Å². The van der Waals surface area contributed by atoms with Gasteiger partial charge in [-0.15, -0.1) is 0 Å². The maximum Gasteiger partial charge on any atom is 0.261 e. The van der Waals surface area contributed by atoms with Crippen LogP contribution >= 0.6 is 0 Å². The van der Waals surface area contributed by atoms with Crippen molar-refractivity contribution in [2.24, 2.45) is 0 Å². The van der Waals surface area contributed by atoms with Gasteiger partial charge in [-0.25, -0.2) is 0 Å². The van der Waals surface area contributed by atoms with Crippen molar-refractivity contribution in [3.05, 3.63) is 35.9 Å². The minimum Gasteiger partial charge on any atom is -0.341 e. The topological polar surface area (TPSA) is 57.7 Å². The molecule has 1 aromatic rings. The van der Waals surface area contributed by atoms with E-state index in [1.807, 2.05) is 11.0 Å². The van der Waals surface area contributed by atoms with Crippen molar-refractivity contribution < 1.29 is 14.4 Å². The lowest BCUT2D eigenvalue weighted by atomic mass is 10.1. The van der Waals surface area contributed by atoms with Crippen LogP contribution in [0.4, 0.5) is 0 Å². The first kappa shape index (κ1) is 21.1. The van der Waals surface area contributed by atoms with Crippen LogP contribution in [0.25, 0.3) is 0 Å². The van der Waals surface area contributed by atoms with Crippen LogP contribution in [0.5, 0.6) is 0 Å². The molecule has 0 aliphatic carbocycles. The number of hydrogen-bond donors (Lipinski definition) is 0. The molecule has 1 saturated heterocycles. The van der Waals surface area contributed by atoms with Gasteiger partial charge in [-0.05, 0) is 31.4 Å². The Bertz CT molecular complexity index is 620. The van der Waals surface area contributed by atoms with E-state index in [2.05, 4.69) is 13.8 Å². The van der Waals surface area contributed by atoms with Gasteiger partial charge in [0.1, 0.15) is 6.04 Å². The summed E-state index contributed by atoms with van der Waals surface area (Å²) in [5.74, 6) is -0.680. The lowest BCUT2D eigenvalue weighted by Crippen LogP contribution is -2.49. The molecule has 5 heteroatoms. The summed E-state index contributed by atoms with van der Waals surface area (Å²) in [7, 11) is 0.